The SMILES string of the molecule is O=C(O)CC1CC2CCC(C1)N2Cc1nnnn1Cc1ccccc1. The van der Waals surface area contributed by atoms with Gasteiger partial charge in [0.15, 0.2) is 5.82 Å². The smallest absolute Gasteiger partial charge is 0.303 e. The summed E-state index contributed by atoms with van der Waals surface area (Å²) < 4.78 is 1.87. The molecule has 2 unspecified atom stereocenters. The number of rotatable bonds is 6. The number of aliphatic carboxylic acids is 1. The Balaban J connectivity index is 1.44. The number of carbonyl (C=O) groups is 1. The first-order valence-electron chi connectivity index (χ1n) is 8.95. The fourth-order valence-corrected chi connectivity index (χ4v) is 4.44. The molecule has 4 rings (SSSR count). The van der Waals surface area contributed by atoms with Crippen molar-refractivity contribution in [3.05, 3.63) is 41.7 Å². The molecule has 1 N–H and O–H groups in total. The van der Waals surface area contributed by atoms with Crippen molar-refractivity contribution in [2.24, 2.45) is 5.92 Å². The van der Waals surface area contributed by atoms with Gasteiger partial charge in [-0.2, -0.15) is 0 Å². The summed E-state index contributed by atoms with van der Waals surface area (Å²) in [5.41, 5.74) is 1.18. The van der Waals surface area contributed by atoms with Crippen LogP contribution in [0.2, 0.25) is 0 Å². The van der Waals surface area contributed by atoms with Gasteiger partial charge in [-0.3, -0.25) is 9.69 Å². The zero-order chi connectivity index (χ0) is 17.2. The van der Waals surface area contributed by atoms with E-state index in [0.717, 1.165) is 38.1 Å². The standard InChI is InChI=1S/C18H23N5O2/c24-18(25)10-14-8-15-6-7-16(9-14)22(15)12-17-19-20-21-23(17)11-13-4-2-1-3-5-13/h1-5,14-16H,6-12H2,(H,24,25). The number of carboxylic acid groups (broad SMARTS) is 1. The predicted molar refractivity (Wildman–Crippen MR) is 90.7 cm³/mol. The lowest BCUT2D eigenvalue weighted by Gasteiger charge is -2.38. The third-order valence-electron chi connectivity index (χ3n) is 5.55. The van der Waals surface area contributed by atoms with Gasteiger partial charge in [0.1, 0.15) is 0 Å². The summed E-state index contributed by atoms with van der Waals surface area (Å²) in [6.07, 6.45) is 4.56. The number of aromatic nitrogens is 4. The highest BCUT2D eigenvalue weighted by Gasteiger charge is 2.41. The van der Waals surface area contributed by atoms with Crippen molar-refractivity contribution in [1.29, 1.82) is 0 Å². The van der Waals surface area contributed by atoms with E-state index >= 15 is 0 Å². The summed E-state index contributed by atoms with van der Waals surface area (Å²) in [4.78, 5) is 13.5. The number of carboxylic acids is 1. The Hall–Kier alpha value is -2.28. The van der Waals surface area contributed by atoms with E-state index in [4.69, 9.17) is 5.11 Å². The van der Waals surface area contributed by atoms with E-state index in [-0.39, 0.29) is 0 Å². The molecule has 0 saturated carbocycles. The molecule has 1 aromatic heterocycles. The summed E-state index contributed by atoms with van der Waals surface area (Å²) in [7, 11) is 0. The third kappa shape index (κ3) is 3.56. The second-order valence-electron chi connectivity index (χ2n) is 7.23. The molecule has 2 saturated heterocycles. The lowest BCUT2D eigenvalue weighted by Crippen LogP contribution is -2.43. The molecule has 0 amide bonds. The number of tetrazole rings is 1. The van der Waals surface area contributed by atoms with E-state index in [9.17, 15) is 4.79 Å². The van der Waals surface area contributed by atoms with Gasteiger partial charge in [-0.05, 0) is 47.6 Å². The van der Waals surface area contributed by atoms with E-state index in [1.165, 1.54) is 5.56 Å². The Morgan fingerprint density at radius 3 is 2.52 bits per heavy atom. The van der Waals surface area contributed by atoms with Crippen molar-refractivity contribution in [2.75, 3.05) is 0 Å². The first-order chi connectivity index (χ1) is 12.2. The van der Waals surface area contributed by atoms with E-state index in [1.807, 2.05) is 22.9 Å². The molecule has 2 fully saturated rings. The molecule has 2 aromatic rings. The molecular formula is C18H23N5O2. The quantitative estimate of drug-likeness (QED) is 0.864. The van der Waals surface area contributed by atoms with Crippen LogP contribution in [0.25, 0.3) is 0 Å². The Kier molecular flexibility index (Phi) is 4.48. The topological polar surface area (TPSA) is 84.1 Å². The van der Waals surface area contributed by atoms with E-state index in [2.05, 4.69) is 32.6 Å². The van der Waals surface area contributed by atoms with Crippen LogP contribution in [0.15, 0.2) is 30.3 Å². The summed E-state index contributed by atoms with van der Waals surface area (Å²) in [5.74, 6) is 0.522. The highest BCUT2D eigenvalue weighted by Crippen LogP contribution is 2.40. The normalized spacial score (nSPS) is 26.0. The molecule has 132 valence electrons. The van der Waals surface area contributed by atoms with Crippen molar-refractivity contribution >= 4 is 5.97 Å². The molecule has 7 heteroatoms. The van der Waals surface area contributed by atoms with E-state index < -0.39 is 5.97 Å². The van der Waals surface area contributed by atoms with E-state index in [1.54, 1.807) is 0 Å². The van der Waals surface area contributed by atoms with Gasteiger partial charge in [0.05, 0.1) is 13.1 Å². The van der Waals surface area contributed by atoms with E-state index in [0.29, 0.717) is 31.0 Å². The summed E-state index contributed by atoms with van der Waals surface area (Å²) in [5, 5.41) is 21.3. The third-order valence-corrected chi connectivity index (χ3v) is 5.55. The molecule has 0 spiro atoms. The molecule has 2 atom stereocenters. The van der Waals surface area contributed by atoms with Crippen molar-refractivity contribution in [3.8, 4) is 0 Å². The maximum atomic E-state index is 11.0. The van der Waals surface area contributed by atoms with Crippen molar-refractivity contribution in [3.63, 3.8) is 0 Å². The first-order valence-corrected chi connectivity index (χ1v) is 8.95. The summed E-state index contributed by atoms with van der Waals surface area (Å²) in [6, 6.07) is 11.1. The molecular weight excluding hydrogens is 318 g/mol. The zero-order valence-electron chi connectivity index (χ0n) is 14.2. The van der Waals surface area contributed by atoms with Gasteiger partial charge in [-0.15, -0.1) is 5.10 Å². The lowest BCUT2D eigenvalue weighted by atomic mass is 9.88. The van der Waals surface area contributed by atoms with Gasteiger partial charge >= 0.3 is 5.97 Å². The fraction of sp³-hybridized carbons (Fsp3) is 0.556. The molecule has 3 heterocycles. The highest BCUT2D eigenvalue weighted by molar-refractivity contribution is 5.67. The Morgan fingerprint density at radius 2 is 1.84 bits per heavy atom. The van der Waals surface area contributed by atoms with Crippen molar-refractivity contribution in [2.45, 2.75) is 57.3 Å². The van der Waals surface area contributed by atoms with Crippen molar-refractivity contribution in [1.82, 2.24) is 25.1 Å². The number of piperidine rings is 1. The van der Waals surface area contributed by atoms with Gasteiger partial charge in [-0.25, -0.2) is 4.68 Å². The molecule has 7 nitrogen and oxygen atoms in total. The second kappa shape index (κ2) is 6.92. The van der Waals surface area contributed by atoms with Crippen molar-refractivity contribution < 1.29 is 9.90 Å². The minimum Gasteiger partial charge on any atom is -0.481 e. The highest BCUT2D eigenvalue weighted by atomic mass is 16.4. The minimum absolute atomic E-state index is 0.298. The van der Waals surface area contributed by atoms with Crippen LogP contribution >= 0.6 is 0 Å². The average Bonchev–Trinajstić information content (AvgIpc) is 3.10. The van der Waals surface area contributed by atoms with Crippen LogP contribution in [-0.4, -0.2) is 48.3 Å². The largest absolute Gasteiger partial charge is 0.481 e. The molecule has 2 aliphatic rings. The van der Waals surface area contributed by atoms with Gasteiger partial charge in [0, 0.05) is 18.5 Å². The van der Waals surface area contributed by atoms with Crippen LogP contribution in [0, 0.1) is 5.92 Å². The van der Waals surface area contributed by atoms with Crippen LogP contribution in [0.5, 0.6) is 0 Å². The summed E-state index contributed by atoms with van der Waals surface area (Å²) in [6.45, 7) is 1.42. The van der Waals surface area contributed by atoms with Gasteiger partial charge in [0.25, 0.3) is 0 Å². The van der Waals surface area contributed by atoms with Crippen LogP contribution in [0.1, 0.15) is 43.5 Å². The molecule has 1 aromatic carbocycles. The Labute approximate surface area is 146 Å². The Bertz CT molecular complexity index is 718. The average molecular weight is 341 g/mol. The lowest BCUT2D eigenvalue weighted by molar-refractivity contribution is -0.138. The number of hydrogen-bond donors (Lipinski definition) is 1. The monoisotopic (exact) mass is 341 g/mol. The van der Waals surface area contributed by atoms with Gasteiger partial charge in [-0.1, -0.05) is 30.3 Å². The zero-order valence-corrected chi connectivity index (χ0v) is 14.2. The fourth-order valence-electron chi connectivity index (χ4n) is 4.44. The number of benzene rings is 1. The molecule has 2 bridgehead atoms. The number of nitrogens with zero attached hydrogens (tertiary/aromatic N) is 5. The second-order valence-corrected chi connectivity index (χ2v) is 7.23. The van der Waals surface area contributed by atoms with Crippen LogP contribution in [0.4, 0.5) is 0 Å². The van der Waals surface area contributed by atoms with Gasteiger partial charge in [0.2, 0.25) is 0 Å². The molecule has 0 aliphatic carbocycles. The van der Waals surface area contributed by atoms with Crippen LogP contribution < -0.4 is 0 Å². The predicted octanol–water partition coefficient (Wildman–Crippen LogP) is 1.94. The molecule has 2 aliphatic heterocycles. The number of hydrogen-bond acceptors (Lipinski definition) is 5. The number of fused-ring (bicyclic) bond motifs is 2. The van der Waals surface area contributed by atoms with Crippen LogP contribution in [0.3, 0.4) is 0 Å². The molecule has 0 radical (unpaired) electrons. The van der Waals surface area contributed by atoms with Crippen LogP contribution in [-0.2, 0) is 17.9 Å². The maximum Gasteiger partial charge on any atom is 0.303 e. The van der Waals surface area contributed by atoms with Gasteiger partial charge < -0.3 is 5.11 Å². The summed E-state index contributed by atoms with van der Waals surface area (Å²) >= 11 is 0. The molecule has 25 heavy (non-hydrogen) atoms. The Morgan fingerprint density at radius 1 is 1.12 bits per heavy atom. The maximum absolute atomic E-state index is 11.0. The minimum atomic E-state index is -0.676. The first kappa shape index (κ1) is 16.2.